The van der Waals surface area contributed by atoms with Crippen LogP contribution in [0.1, 0.15) is 38.2 Å². The van der Waals surface area contributed by atoms with Crippen molar-refractivity contribution in [3.05, 3.63) is 41.1 Å². The summed E-state index contributed by atoms with van der Waals surface area (Å²) in [7, 11) is 0. The van der Waals surface area contributed by atoms with Gasteiger partial charge in [0, 0.05) is 12.5 Å². The third-order valence-corrected chi connectivity index (χ3v) is 2.81. The molecule has 0 aliphatic heterocycles. The maximum atomic E-state index is 11.0. The molecule has 0 saturated heterocycles. The highest BCUT2D eigenvalue weighted by Gasteiger charge is 2.05. The summed E-state index contributed by atoms with van der Waals surface area (Å²) in [5.41, 5.74) is 5.58. The topological polar surface area (TPSA) is 26.3 Å². The van der Waals surface area contributed by atoms with E-state index in [1.165, 1.54) is 25.3 Å². The van der Waals surface area contributed by atoms with Crippen molar-refractivity contribution < 1.29 is 9.53 Å². The van der Waals surface area contributed by atoms with Crippen LogP contribution in [0.4, 0.5) is 0 Å². The van der Waals surface area contributed by atoms with Gasteiger partial charge in [-0.3, -0.25) is 4.79 Å². The lowest BCUT2D eigenvalue weighted by atomic mass is 10.1. The van der Waals surface area contributed by atoms with Gasteiger partial charge in [0.1, 0.15) is 5.75 Å². The zero-order valence-corrected chi connectivity index (χ0v) is 10.0. The summed E-state index contributed by atoms with van der Waals surface area (Å²) >= 11 is 0. The summed E-state index contributed by atoms with van der Waals surface area (Å²) in [5.74, 6) is 0.311. The number of carbonyl (C=O) groups is 1. The highest BCUT2D eigenvalue weighted by molar-refractivity contribution is 5.71. The second kappa shape index (κ2) is 5.51. The Hall–Kier alpha value is -1.79. The van der Waals surface area contributed by atoms with Crippen molar-refractivity contribution >= 4 is 12.0 Å². The summed E-state index contributed by atoms with van der Waals surface area (Å²) in [6.07, 6.45) is 6.74. The lowest BCUT2D eigenvalue weighted by Gasteiger charge is -2.03. The number of esters is 1. The Morgan fingerprint density at radius 2 is 2.00 bits per heavy atom. The number of benzene rings is 1. The smallest absolute Gasteiger partial charge is 0.308 e. The van der Waals surface area contributed by atoms with Gasteiger partial charge in [0.15, 0.2) is 0 Å². The molecule has 0 spiro atoms. The molecule has 17 heavy (non-hydrogen) atoms. The summed E-state index contributed by atoms with van der Waals surface area (Å²) in [4.78, 5) is 11.0. The molecule has 2 heteroatoms. The molecule has 88 valence electrons. The van der Waals surface area contributed by atoms with E-state index >= 15 is 0 Å². The number of carbonyl (C=O) groups excluding carboxylic acids is 1. The van der Waals surface area contributed by atoms with Crippen molar-refractivity contribution in [1.29, 1.82) is 0 Å². The number of rotatable bonds is 2. The maximum Gasteiger partial charge on any atom is 0.308 e. The van der Waals surface area contributed by atoms with Gasteiger partial charge in [-0.05, 0) is 43.4 Å². The molecular weight excluding hydrogens is 212 g/mol. The molecule has 1 aromatic carbocycles. The van der Waals surface area contributed by atoms with Gasteiger partial charge in [0.2, 0.25) is 0 Å². The summed E-state index contributed by atoms with van der Waals surface area (Å²) in [5, 5.41) is 0. The van der Waals surface area contributed by atoms with Crippen molar-refractivity contribution in [2.45, 2.75) is 32.6 Å². The molecule has 0 amide bonds. The highest BCUT2D eigenvalue weighted by Crippen LogP contribution is 2.24. The van der Waals surface area contributed by atoms with Crippen LogP contribution in [0.3, 0.4) is 0 Å². The molecule has 0 N–H and O–H groups in total. The summed E-state index contributed by atoms with van der Waals surface area (Å²) in [6, 6.07) is 7.52. The molecule has 1 saturated carbocycles. The third kappa shape index (κ3) is 3.33. The fraction of sp³-hybridized carbons (Fsp3) is 0.333. The average Bonchev–Trinajstić information content (AvgIpc) is 2.80. The predicted molar refractivity (Wildman–Crippen MR) is 67.7 cm³/mol. The Morgan fingerprint density at radius 3 is 2.71 bits per heavy atom. The molecule has 0 radical (unpaired) electrons. The number of hydrogen-bond acceptors (Lipinski definition) is 2. The maximum absolute atomic E-state index is 11.0. The van der Waals surface area contributed by atoms with Crippen LogP contribution in [0, 0.1) is 0 Å². The number of hydrogen-bond donors (Lipinski definition) is 0. The fourth-order valence-corrected chi connectivity index (χ4v) is 1.97. The van der Waals surface area contributed by atoms with Gasteiger partial charge in [0.05, 0.1) is 0 Å². The van der Waals surface area contributed by atoms with Gasteiger partial charge < -0.3 is 4.74 Å². The zero-order chi connectivity index (χ0) is 12.1. The van der Waals surface area contributed by atoms with E-state index in [9.17, 15) is 4.79 Å². The lowest BCUT2D eigenvalue weighted by molar-refractivity contribution is -0.131. The van der Waals surface area contributed by atoms with E-state index in [0.717, 1.165) is 18.4 Å². The van der Waals surface area contributed by atoms with E-state index in [0.29, 0.717) is 5.75 Å². The minimum absolute atomic E-state index is 0.292. The van der Waals surface area contributed by atoms with Crippen LogP contribution in [0.25, 0.3) is 6.08 Å². The molecule has 2 nitrogen and oxygen atoms in total. The lowest BCUT2D eigenvalue weighted by Crippen LogP contribution is -2.02. The van der Waals surface area contributed by atoms with Gasteiger partial charge in [-0.2, -0.15) is 0 Å². The molecular formula is C15H16O2. The van der Waals surface area contributed by atoms with Crippen molar-refractivity contribution in [2.24, 2.45) is 0 Å². The van der Waals surface area contributed by atoms with Gasteiger partial charge in [-0.1, -0.05) is 18.2 Å². The molecule has 0 unspecified atom stereocenters. The highest BCUT2D eigenvalue weighted by atomic mass is 16.5. The van der Waals surface area contributed by atoms with E-state index in [4.69, 9.17) is 4.74 Å². The van der Waals surface area contributed by atoms with Crippen LogP contribution < -0.4 is 4.74 Å². The standard InChI is InChI=1S/C15H16O2/c1-12(16)17-15-9-5-4-8-14(15)11-10-13-6-2-3-7-13/h4-5,8-9,11H,2-3,6-7H2,1H3. The summed E-state index contributed by atoms with van der Waals surface area (Å²) in [6.45, 7) is 1.41. The Bertz CT molecular complexity index is 471. The van der Waals surface area contributed by atoms with Crippen LogP contribution in [0.15, 0.2) is 35.6 Å². The largest absolute Gasteiger partial charge is 0.426 e. The third-order valence-electron chi connectivity index (χ3n) is 2.81. The molecule has 1 aliphatic rings. The van der Waals surface area contributed by atoms with E-state index in [-0.39, 0.29) is 5.97 Å². The van der Waals surface area contributed by atoms with Crippen molar-refractivity contribution in [2.75, 3.05) is 0 Å². The Balaban J connectivity index is 2.25. The first-order valence-electron chi connectivity index (χ1n) is 5.97. The van der Waals surface area contributed by atoms with Crippen molar-refractivity contribution in [1.82, 2.24) is 0 Å². The monoisotopic (exact) mass is 228 g/mol. The second-order valence-electron chi connectivity index (χ2n) is 4.23. The molecule has 0 heterocycles. The molecule has 1 fully saturated rings. The van der Waals surface area contributed by atoms with E-state index in [1.807, 2.05) is 24.3 Å². The van der Waals surface area contributed by atoms with Gasteiger partial charge >= 0.3 is 5.97 Å². The first-order valence-corrected chi connectivity index (χ1v) is 5.97. The van der Waals surface area contributed by atoms with E-state index < -0.39 is 0 Å². The molecule has 2 rings (SSSR count). The molecule has 1 aliphatic carbocycles. The molecule has 0 bridgehead atoms. The van der Waals surface area contributed by atoms with Gasteiger partial charge in [-0.15, -0.1) is 5.73 Å². The average molecular weight is 228 g/mol. The van der Waals surface area contributed by atoms with Crippen molar-refractivity contribution in [3.63, 3.8) is 0 Å². The SMILES string of the molecule is CC(=O)Oc1ccccc1C=C=C1CCCC1. The van der Waals surface area contributed by atoms with E-state index in [1.54, 1.807) is 6.07 Å². The predicted octanol–water partition coefficient (Wildman–Crippen LogP) is 3.72. The van der Waals surface area contributed by atoms with Gasteiger partial charge in [0.25, 0.3) is 0 Å². The zero-order valence-electron chi connectivity index (χ0n) is 10.0. The number of allylic oxidation sites excluding steroid dienone is 1. The Kier molecular flexibility index (Phi) is 3.79. The van der Waals surface area contributed by atoms with Crippen LogP contribution in [0.2, 0.25) is 0 Å². The van der Waals surface area contributed by atoms with Crippen LogP contribution in [-0.2, 0) is 4.79 Å². The minimum atomic E-state index is -0.292. The number of ether oxygens (including phenoxy) is 1. The van der Waals surface area contributed by atoms with Crippen LogP contribution in [-0.4, -0.2) is 5.97 Å². The van der Waals surface area contributed by atoms with Gasteiger partial charge in [-0.25, -0.2) is 0 Å². The normalized spacial score (nSPS) is 14.3. The second-order valence-corrected chi connectivity index (χ2v) is 4.23. The van der Waals surface area contributed by atoms with Crippen molar-refractivity contribution in [3.8, 4) is 5.75 Å². The number of para-hydroxylation sites is 1. The fourth-order valence-electron chi connectivity index (χ4n) is 1.97. The summed E-state index contributed by atoms with van der Waals surface area (Å²) < 4.78 is 5.14. The molecule has 0 aromatic heterocycles. The Labute approximate surface area is 102 Å². The van der Waals surface area contributed by atoms with E-state index in [2.05, 4.69) is 5.73 Å². The Morgan fingerprint density at radius 1 is 1.29 bits per heavy atom. The minimum Gasteiger partial charge on any atom is -0.426 e. The first kappa shape index (κ1) is 11.7. The van der Waals surface area contributed by atoms with Crippen LogP contribution in [0.5, 0.6) is 5.75 Å². The molecule has 0 atom stereocenters. The van der Waals surface area contributed by atoms with Crippen LogP contribution >= 0.6 is 0 Å². The first-order chi connectivity index (χ1) is 8.25. The quantitative estimate of drug-likeness (QED) is 0.438. The molecule has 1 aromatic rings.